The number of rotatable bonds is 5. The van der Waals surface area contributed by atoms with Crippen LogP contribution in [0.2, 0.25) is 5.02 Å². The minimum atomic E-state index is -0.753. The van der Waals surface area contributed by atoms with Crippen LogP contribution in [0.1, 0.15) is 12.0 Å². The van der Waals surface area contributed by atoms with Crippen LogP contribution in [-0.4, -0.2) is 16.8 Å². The van der Waals surface area contributed by atoms with Crippen molar-refractivity contribution in [2.75, 3.05) is 5.75 Å². The Morgan fingerprint density at radius 1 is 1.43 bits per heavy atom. The van der Waals surface area contributed by atoms with Gasteiger partial charge in [-0.15, -0.1) is 0 Å². The number of thioether (sulfide) groups is 1. The summed E-state index contributed by atoms with van der Waals surface area (Å²) in [5.41, 5.74) is 1.06. The molecule has 2 nitrogen and oxygen atoms in total. The van der Waals surface area contributed by atoms with Gasteiger partial charge >= 0.3 is 5.97 Å². The first kappa shape index (κ1) is 11.4. The molecule has 4 heteroatoms. The van der Waals surface area contributed by atoms with E-state index in [1.165, 1.54) is 0 Å². The van der Waals surface area contributed by atoms with Gasteiger partial charge in [0.15, 0.2) is 0 Å². The van der Waals surface area contributed by atoms with E-state index in [-0.39, 0.29) is 6.42 Å². The van der Waals surface area contributed by atoms with Crippen molar-refractivity contribution in [1.82, 2.24) is 0 Å². The van der Waals surface area contributed by atoms with Crippen molar-refractivity contribution < 1.29 is 9.90 Å². The molecule has 0 radical (unpaired) electrons. The number of hydrogen-bond donors (Lipinski definition) is 1. The summed E-state index contributed by atoms with van der Waals surface area (Å²) in [7, 11) is 0. The molecule has 0 atom stereocenters. The molecule has 0 spiro atoms. The lowest BCUT2D eigenvalue weighted by Gasteiger charge is -2.02. The van der Waals surface area contributed by atoms with Gasteiger partial charge in [-0.1, -0.05) is 29.8 Å². The lowest BCUT2D eigenvalue weighted by molar-refractivity contribution is -0.136. The highest BCUT2D eigenvalue weighted by Crippen LogP contribution is 2.20. The number of carboxylic acids is 1. The summed E-state index contributed by atoms with van der Waals surface area (Å²) in [6.45, 7) is 0. The molecule has 1 rings (SSSR count). The molecule has 0 aromatic heterocycles. The summed E-state index contributed by atoms with van der Waals surface area (Å²) in [5, 5.41) is 9.17. The van der Waals surface area contributed by atoms with E-state index in [1.54, 1.807) is 11.8 Å². The summed E-state index contributed by atoms with van der Waals surface area (Å²) in [4.78, 5) is 10.2. The minimum Gasteiger partial charge on any atom is -0.481 e. The third kappa shape index (κ3) is 4.03. The maximum absolute atomic E-state index is 10.2. The van der Waals surface area contributed by atoms with Crippen LogP contribution in [0.15, 0.2) is 24.3 Å². The fourth-order valence-corrected chi connectivity index (χ4v) is 2.17. The third-order valence-corrected chi connectivity index (χ3v) is 3.05. The molecule has 1 aromatic rings. The largest absolute Gasteiger partial charge is 0.481 e. The van der Waals surface area contributed by atoms with Crippen LogP contribution in [0.25, 0.3) is 0 Å². The molecular weight excluding hydrogens is 220 g/mol. The van der Waals surface area contributed by atoms with Gasteiger partial charge in [-0.05, 0) is 11.6 Å². The first-order chi connectivity index (χ1) is 6.70. The fourth-order valence-electron chi connectivity index (χ4n) is 0.957. The van der Waals surface area contributed by atoms with Crippen molar-refractivity contribution in [2.45, 2.75) is 12.2 Å². The van der Waals surface area contributed by atoms with Gasteiger partial charge in [-0.3, -0.25) is 4.79 Å². The average molecular weight is 231 g/mol. The van der Waals surface area contributed by atoms with Crippen molar-refractivity contribution in [2.24, 2.45) is 0 Å². The van der Waals surface area contributed by atoms with Crippen molar-refractivity contribution in [3.05, 3.63) is 34.9 Å². The fraction of sp³-hybridized carbons (Fsp3) is 0.300. The number of benzene rings is 1. The first-order valence-electron chi connectivity index (χ1n) is 4.23. The molecule has 1 aromatic carbocycles. The third-order valence-electron chi connectivity index (χ3n) is 1.68. The molecule has 0 saturated heterocycles. The van der Waals surface area contributed by atoms with Crippen molar-refractivity contribution in [3.8, 4) is 0 Å². The Hall–Kier alpha value is -0.670. The number of halogens is 1. The number of carboxylic acid groups (broad SMARTS) is 1. The van der Waals surface area contributed by atoms with Crippen molar-refractivity contribution in [3.63, 3.8) is 0 Å². The topological polar surface area (TPSA) is 37.3 Å². The van der Waals surface area contributed by atoms with E-state index in [1.807, 2.05) is 24.3 Å². The molecule has 0 aliphatic rings. The number of carbonyl (C=O) groups is 1. The second kappa shape index (κ2) is 5.94. The molecule has 0 fully saturated rings. The SMILES string of the molecule is O=C(O)CCSCc1ccccc1Cl. The molecule has 0 saturated carbocycles. The second-order valence-corrected chi connectivity index (χ2v) is 4.30. The van der Waals surface area contributed by atoms with Gasteiger partial charge in [0.2, 0.25) is 0 Å². The van der Waals surface area contributed by atoms with E-state index in [9.17, 15) is 4.79 Å². The number of aliphatic carboxylic acids is 1. The molecule has 76 valence electrons. The molecule has 14 heavy (non-hydrogen) atoms. The summed E-state index contributed by atoms with van der Waals surface area (Å²) < 4.78 is 0. The zero-order valence-electron chi connectivity index (χ0n) is 7.57. The summed E-state index contributed by atoms with van der Waals surface area (Å²) in [6.07, 6.45) is 0.203. The Kier molecular flexibility index (Phi) is 4.84. The van der Waals surface area contributed by atoms with Gasteiger partial charge in [0.05, 0.1) is 6.42 Å². The Balaban J connectivity index is 2.31. The van der Waals surface area contributed by atoms with E-state index in [4.69, 9.17) is 16.7 Å². The highest BCUT2D eigenvalue weighted by molar-refractivity contribution is 7.98. The van der Waals surface area contributed by atoms with Gasteiger partial charge < -0.3 is 5.11 Å². The zero-order valence-corrected chi connectivity index (χ0v) is 9.14. The van der Waals surface area contributed by atoms with Crippen LogP contribution in [0, 0.1) is 0 Å². The lowest BCUT2D eigenvalue weighted by Crippen LogP contribution is -1.96. The summed E-state index contributed by atoms with van der Waals surface area (Å²) >= 11 is 7.52. The molecule has 1 N–H and O–H groups in total. The smallest absolute Gasteiger partial charge is 0.304 e. The Bertz CT molecular complexity index is 315. The summed E-state index contributed by atoms with van der Waals surface area (Å²) in [6, 6.07) is 7.61. The molecular formula is C10H11ClO2S. The first-order valence-corrected chi connectivity index (χ1v) is 5.76. The van der Waals surface area contributed by atoms with Gasteiger partial charge in [0.1, 0.15) is 0 Å². The van der Waals surface area contributed by atoms with E-state index < -0.39 is 5.97 Å². The molecule has 0 heterocycles. The monoisotopic (exact) mass is 230 g/mol. The van der Waals surface area contributed by atoms with Gasteiger partial charge in [0.25, 0.3) is 0 Å². The quantitative estimate of drug-likeness (QED) is 0.790. The van der Waals surface area contributed by atoms with E-state index >= 15 is 0 Å². The van der Waals surface area contributed by atoms with Gasteiger partial charge in [-0.2, -0.15) is 11.8 Å². The van der Waals surface area contributed by atoms with E-state index in [2.05, 4.69) is 0 Å². The average Bonchev–Trinajstić information content (AvgIpc) is 2.15. The Morgan fingerprint density at radius 3 is 2.79 bits per heavy atom. The van der Waals surface area contributed by atoms with E-state index in [0.29, 0.717) is 5.75 Å². The Morgan fingerprint density at radius 2 is 2.14 bits per heavy atom. The molecule has 0 aliphatic heterocycles. The van der Waals surface area contributed by atoms with E-state index in [0.717, 1.165) is 16.3 Å². The maximum Gasteiger partial charge on any atom is 0.304 e. The predicted octanol–water partition coefficient (Wildman–Crippen LogP) is 3.05. The van der Waals surface area contributed by atoms with Crippen LogP contribution in [0.3, 0.4) is 0 Å². The number of hydrogen-bond acceptors (Lipinski definition) is 2. The Labute approximate surface area is 92.3 Å². The van der Waals surface area contributed by atoms with Crippen LogP contribution in [0.5, 0.6) is 0 Å². The molecule has 0 aliphatic carbocycles. The van der Waals surface area contributed by atoms with Gasteiger partial charge in [-0.25, -0.2) is 0 Å². The van der Waals surface area contributed by atoms with Gasteiger partial charge in [0, 0.05) is 16.5 Å². The normalized spacial score (nSPS) is 10.1. The van der Waals surface area contributed by atoms with Crippen LogP contribution in [-0.2, 0) is 10.5 Å². The van der Waals surface area contributed by atoms with Crippen LogP contribution >= 0.6 is 23.4 Å². The second-order valence-electron chi connectivity index (χ2n) is 2.79. The summed E-state index contributed by atoms with van der Waals surface area (Å²) in [5.74, 6) is 0.643. The zero-order chi connectivity index (χ0) is 10.4. The molecule has 0 amide bonds. The molecule has 0 unspecified atom stereocenters. The highest BCUT2D eigenvalue weighted by atomic mass is 35.5. The van der Waals surface area contributed by atoms with Crippen molar-refractivity contribution in [1.29, 1.82) is 0 Å². The lowest BCUT2D eigenvalue weighted by atomic mass is 10.2. The van der Waals surface area contributed by atoms with Crippen LogP contribution < -0.4 is 0 Å². The molecule has 0 bridgehead atoms. The standard InChI is InChI=1S/C10H11ClO2S/c11-9-4-2-1-3-8(9)7-14-6-5-10(12)13/h1-4H,5-7H2,(H,12,13). The van der Waals surface area contributed by atoms with Crippen molar-refractivity contribution >= 4 is 29.3 Å². The predicted molar refractivity (Wildman–Crippen MR) is 59.9 cm³/mol. The van der Waals surface area contributed by atoms with Crippen LogP contribution in [0.4, 0.5) is 0 Å². The highest BCUT2D eigenvalue weighted by Gasteiger charge is 2.00. The maximum atomic E-state index is 10.2. The minimum absolute atomic E-state index is 0.203.